The summed E-state index contributed by atoms with van der Waals surface area (Å²) in [6.07, 6.45) is 3.31. The molecular weight excluding hydrogens is 300 g/mol. The molecule has 118 valence electrons. The summed E-state index contributed by atoms with van der Waals surface area (Å²) < 4.78 is 5.45. The molecule has 2 aromatic heterocycles. The van der Waals surface area contributed by atoms with Crippen LogP contribution in [0.1, 0.15) is 24.5 Å². The lowest BCUT2D eigenvalue weighted by molar-refractivity contribution is 0.0875. The Labute approximate surface area is 133 Å². The molecule has 3 rings (SSSR count). The van der Waals surface area contributed by atoms with Crippen LogP contribution in [0.2, 0.25) is 0 Å². The van der Waals surface area contributed by atoms with E-state index in [-0.39, 0.29) is 0 Å². The third kappa shape index (κ3) is 4.16. The largest absolute Gasteiger partial charge is 0.387 e. The van der Waals surface area contributed by atoms with Crippen molar-refractivity contribution in [2.45, 2.75) is 25.0 Å². The van der Waals surface area contributed by atoms with Crippen LogP contribution in [0.5, 0.6) is 0 Å². The van der Waals surface area contributed by atoms with Crippen LogP contribution in [0, 0.1) is 0 Å². The van der Waals surface area contributed by atoms with Gasteiger partial charge >= 0.3 is 0 Å². The number of aliphatic hydroxyl groups is 1. The molecule has 2 aromatic rings. The van der Waals surface area contributed by atoms with Crippen LogP contribution in [0.4, 0.5) is 11.8 Å². The Hall–Kier alpha value is -1.70. The second-order valence-corrected chi connectivity index (χ2v) is 6.06. The highest BCUT2D eigenvalue weighted by Crippen LogP contribution is 2.17. The minimum atomic E-state index is -0.557. The van der Waals surface area contributed by atoms with Crippen molar-refractivity contribution in [2.24, 2.45) is 0 Å². The van der Waals surface area contributed by atoms with Crippen molar-refractivity contribution in [1.29, 1.82) is 0 Å². The van der Waals surface area contributed by atoms with Crippen LogP contribution < -0.4 is 10.6 Å². The second kappa shape index (κ2) is 7.53. The van der Waals surface area contributed by atoms with Crippen molar-refractivity contribution in [3.8, 4) is 0 Å². The predicted molar refractivity (Wildman–Crippen MR) is 87.3 cm³/mol. The van der Waals surface area contributed by atoms with Gasteiger partial charge in [0.1, 0.15) is 5.82 Å². The summed E-state index contributed by atoms with van der Waals surface area (Å²) in [5, 5.41) is 20.4. The fourth-order valence-electron chi connectivity index (χ4n) is 2.36. The number of thiophene rings is 1. The molecule has 0 amide bonds. The van der Waals surface area contributed by atoms with E-state index in [1.807, 2.05) is 22.9 Å². The number of hydrogen-bond donors (Lipinski definition) is 3. The topological polar surface area (TPSA) is 79.3 Å². The minimum Gasteiger partial charge on any atom is -0.387 e. The van der Waals surface area contributed by atoms with Gasteiger partial charge in [0.25, 0.3) is 0 Å². The van der Waals surface area contributed by atoms with Crippen LogP contribution in [0.25, 0.3) is 0 Å². The van der Waals surface area contributed by atoms with Crippen molar-refractivity contribution in [2.75, 3.05) is 30.4 Å². The Balaban J connectivity index is 1.54. The van der Waals surface area contributed by atoms with Crippen molar-refractivity contribution in [1.82, 2.24) is 9.97 Å². The maximum atomic E-state index is 10.1. The molecule has 1 saturated heterocycles. The number of aromatic nitrogens is 2. The van der Waals surface area contributed by atoms with Gasteiger partial charge < -0.3 is 20.5 Å². The van der Waals surface area contributed by atoms with E-state index in [0.717, 1.165) is 30.8 Å². The zero-order valence-electron chi connectivity index (χ0n) is 12.2. The first kappa shape index (κ1) is 15.2. The Morgan fingerprint density at radius 3 is 3.18 bits per heavy atom. The molecule has 0 saturated carbocycles. The number of anilines is 2. The maximum Gasteiger partial charge on any atom is 0.224 e. The molecule has 0 radical (unpaired) electrons. The van der Waals surface area contributed by atoms with Gasteiger partial charge in [-0.3, -0.25) is 0 Å². The number of rotatable bonds is 6. The number of ether oxygens (including phenoxy) is 1. The van der Waals surface area contributed by atoms with Crippen molar-refractivity contribution in [3.63, 3.8) is 0 Å². The summed E-state index contributed by atoms with van der Waals surface area (Å²) in [4.78, 5) is 8.61. The smallest absolute Gasteiger partial charge is 0.224 e. The van der Waals surface area contributed by atoms with Gasteiger partial charge in [-0.2, -0.15) is 16.3 Å². The number of nitrogens with one attached hydrogen (secondary N) is 2. The minimum absolute atomic E-state index is 0.299. The third-order valence-electron chi connectivity index (χ3n) is 3.55. The Bertz CT molecular complexity index is 573. The molecule has 3 N–H and O–H groups in total. The molecule has 1 aliphatic heterocycles. The van der Waals surface area contributed by atoms with Crippen LogP contribution in [-0.2, 0) is 4.74 Å². The standard InChI is InChI=1S/C15H20N4O2S/c20-13(11-4-7-22-10-11)8-17-15-16-5-3-14(19-15)18-12-2-1-6-21-9-12/h3-5,7,10,12-13,20H,1-2,6,8-9H2,(H2,16,17,18,19)/t12-,13+/m0/s1. The molecule has 3 heterocycles. The molecule has 1 aliphatic rings. The first-order chi connectivity index (χ1) is 10.8. The molecule has 0 spiro atoms. The first-order valence-electron chi connectivity index (χ1n) is 7.42. The molecule has 1 fully saturated rings. The monoisotopic (exact) mass is 320 g/mol. The summed E-state index contributed by atoms with van der Waals surface area (Å²) in [6, 6.07) is 4.06. The van der Waals surface area contributed by atoms with Crippen molar-refractivity contribution in [3.05, 3.63) is 34.7 Å². The van der Waals surface area contributed by atoms with Gasteiger partial charge in [0, 0.05) is 19.3 Å². The predicted octanol–water partition coefficient (Wildman–Crippen LogP) is 2.27. The molecule has 0 aliphatic carbocycles. The SMILES string of the molecule is O[C@H](CNc1nccc(N[C@H]2CCCOC2)n1)c1ccsc1. The van der Waals surface area contributed by atoms with Gasteiger partial charge in [-0.05, 0) is 41.3 Å². The van der Waals surface area contributed by atoms with Gasteiger partial charge in [-0.25, -0.2) is 4.98 Å². The summed E-state index contributed by atoms with van der Waals surface area (Å²) in [5.41, 5.74) is 0.908. The van der Waals surface area contributed by atoms with Gasteiger partial charge in [-0.15, -0.1) is 0 Å². The molecule has 0 aromatic carbocycles. The van der Waals surface area contributed by atoms with E-state index in [9.17, 15) is 5.11 Å². The van der Waals surface area contributed by atoms with Gasteiger partial charge in [0.15, 0.2) is 0 Å². The molecule has 0 bridgehead atoms. The van der Waals surface area contributed by atoms with Crippen molar-refractivity contribution >= 4 is 23.1 Å². The van der Waals surface area contributed by atoms with E-state index in [0.29, 0.717) is 25.1 Å². The fraction of sp³-hybridized carbons (Fsp3) is 0.467. The number of nitrogens with zero attached hydrogens (tertiary/aromatic N) is 2. The number of aliphatic hydroxyl groups excluding tert-OH is 1. The first-order valence-corrected chi connectivity index (χ1v) is 8.37. The average molecular weight is 320 g/mol. The normalized spacial score (nSPS) is 19.6. The molecule has 22 heavy (non-hydrogen) atoms. The molecule has 2 atom stereocenters. The highest BCUT2D eigenvalue weighted by atomic mass is 32.1. The van der Waals surface area contributed by atoms with E-state index in [1.54, 1.807) is 17.5 Å². The quantitative estimate of drug-likeness (QED) is 0.758. The molecule has 7 heteroatoms. The van der Waals surface area contributed by atoms with Crippen LogP contribution in [0.3, 0.4) is 0 Å². The fourth-order valence-corrected chi connectivity index (χ4v) is 3.07. The lowest BCUT2D eigenvalue weighted by Gasteiger charge is -2.23. The van der Waals surface area contributed by atoms with Crippen molar-refractivity contribution < 1.29 is 9.84 Å². The van der Waals surface area contributed by atoms with Crippen LogP contribution >= 0.6 is 11.3 Å². The second-order valence-electron chi connectivity index (χ2n) is 5.28. The summed E-state index contributed by atoms with van der Waals surface area (Å²) in [5.74, 6) is 1.29. The van der Waals surface area contributed by atoms with Crippen LogP contribution in [-0.4, -0.2) is 40.9 Å². The van der Waals surface area contributed by atoms with Gasteiger partial charge in [0.2, 0.25) is 5.95 Å². The van der Waals surface area contributed by atoms with Gasteiger partial charge in [0.05, 0.1) is 18.8 Å². The summed E-state index contributed by atoms with van der Waals surface area (Å²) >= 11 is 1.57. The third-order valence-corrected chi connectivity index (χ3v) is 4.25. The number of hydrogen-bond acceptors (Lipinski definition) is 7. The Kier molecular flexibility index (Phi) is 5.20. The van der Waals surface area contributed by atoms with E-state index in [2.05, 4.69) is 20.6 Å². The van der Waals surface area contributed by atoms with E-state index in [1.165, 1.54) is 0 Å². The zero-order chi connectivity index (χ0) is 15.2. The highest BCUT2D eigenvalue weighted by Gasteiger charge is 2.14. The van der Waals surface area contributed by atoms with E-state index in [4.69, 9.17) is 4.74 Å². The molecule has 0 unspecified atom stereocenters. The maximum absolute atomic E-state index is 10.1. The molecular formula is C15H20N4O2S. The van der Waals surface area contributed by atoms with E-state index >= 15 is 0 Å². The van der Waals surface area contributed by atoms with E-state index < -0.39 is 6.10 Å². The Morgan fingerprint density at radius 2 is 2.41 bits per heavy atom. The lowest BCUT2D eigenvalue weighted by atomic mass is 10.1. The summed E-state index contributed by atoms with van der Waals surface area (Å²) in [7, 11) is 0. The average Bonchev–Trinajstić information content (AvgIpc) is 3.08. The summed E-state index contributed by atoms with van der Waals surface area (Å²) in [6.45, 7) is 1.94. The Morgan fingerprint density at radius 1 is 1.45 bits per heavy atom. The molecule has 6 nitrogen and oxygen atoms in total. The van der Waals surface area contributed by atoms with Gasteiger partial charge in [-0.1, -0.05) is 0 Å². The lowest BCUT2D eigenvalue weighted by Crippen LogP contribution is -2.30. The zero-order valence-corrected chi connectivity index (χ0v) is 13.1. The van der Waals surface area contributed by atoms with Crippen LogP contribution in [0.15, 0.2) is 29.1 Å². The highest BCUT2D eigenvalue weighted by molar-refractivity contribution is 7.07.